The van der Waals surface area contributed by atoms with Crippen LogP contribution in [-0.4, -0.2) is 7.11 Å². The highest BCUT2D eigenvalue weighted by atomic mass is 35.5. The van der Waals surface area contributed by atoms with Crippen LogP contribution in [0.5, 0.6) is 0 Å². The third-order valence-electron chi connectivity index (χ3n) is 9.82. The molecule has 2 nitrogen and oxygen atoms in total. The largest absolute Gasteiger partial charge is 0.311 e. The van der Waals surface area contributed by atoms with Gasteiger partial charge in [-0.1, -0.05) is 174 Å². The van der Waals surface area contributed by atoms with Gasteiger partial charge in [0.1, 0.15) is 0 Å². The molecule has 0 aromatic heterocycles. The van der Waals surface area contributed by atoms with Gasteiger partial charge in [0.15, 0.2) is 0 Å². The lowest BCUT2D eigenvalue weighted by atomic mass is 9.82. The van der Waals surface area contributed by atoms with Crippen LogP contribution >= 0.6 is 11.9 Å². The summed E-state index contributed by atoms with van der Waals surface area (Å²) in [6, 6.07) is 46.1. The molecule has 0 radical (unpaired) electrons. The van der Waals surface area contributed by atoms with Crippen LogP contribution in [0, 0.1) is 5.92 Å². The number of anilines is 2. The van der Waals surface area contributed by atoms with Crippen LogP contribution < -0.4 is 4.90 Å². The first-order valence-corrected chi connectivity index (χ1v) is 18.8. The van der Waals surface area contributed by atoms with E-state index in [1.165, 1.54) is 63.1 Å². The molecule has 0 aliphatic heterocycles. The van der Waals surface area contributed by atoms with Crippen molar-refractivity contribution in [2.24, 2.45) is 5.92 Å². The number of nitrogens with zero attached hydrogens (tertiary/aromatic N) is 1. The molecule has 5 aromatic rings. The maximum Gasteiger partial charge on any atom is 0.0606 e. The van der Waals surface area contributed by atoms with Gasteiger partial charge in [0.2, 0.25) is 0 Å². The molecule has 0 bridgehead atoms. The number of halogens is 1. The van der Waals surface area contributed by atoms with E-state index in [1.54, 1.807) is 0 Å². The van der Waals surface area contributed by atoms with Crippen molar-refractivity contribution in [3.8, 4) is 22.3 Å². The Hall–Kier alpha value is -4.89. The SMILES string of the molecule is C1=CCC(c2ccccc2)C=C1.CC.CC1C=CC(N(c2ccc(-c3ccccc3)cc2)c2ccc3c(c2)C(C)(C)c2ccccc2-3)=CC1.COCl. The van der Waals surface area contributed by atoms with Crippen molar-refractivity contribution in [2.75, 3.05) is 12.0 Å². The van der Waals surface area contributed by atoms with Crippen LogP contribution in [0.15, 0.2) is 176 Å². The van der Waals surface area contributed by atoms with Gasteiger partial charge in [-0.25, -0.2) is 0 Å². The third-order valence-corrected chi connectivity index (χ3v) is 9.82. The van der Waals surface area contributed by atoms with Gasteiger partial charge in [-0.05, 0) is 88.0 Å². The van der Waals surface area contributed by atoms with Crippen LogP contribution in [0.1, 0.15) is 70.1 Å². The molecule has 8 rings (SSSR count). The van der Waals surface area contributed by atoms with Gasteiger partial charge in [-0.2, -0.15) is 0 Å². The maximum absolute atomic E-state index is 4.50. The van der Waals surface area contributed by atoms with Crippen molar-refractivity contribution < 1.29 is 4.29 Å². The lowest BCUT2D eigenvalue weighted by Gasteiger charge is -2.30. The standard InChI is InChI=1S/C34H31N.C12H12.C2H6.CH3ClO/c1-24-13-17-27(18-14-24)35(28-19-15-26(16-20-28)25-9-5-4-6-10-25)29-21-22-31-30-11-7-8-12-32(30)34(2,3)33(31)23-29;1-3-7-11(8-4-1)12-9-5-2-6-10-12;1-2;1-3-2/h4-13,15-24H,14H2,1-3H3;1-9,12H,10H2;1-2H3;1H3. The Bertz CT molecular complexity index is 1990. The van der Waals surface area contributed by atoms with E-state index in [-0.39, 0.29) is 5.41 Å². The first kappa shape index (κ1) is 38.3. The van der Waals surface area contributed by atoms with Crippen LogP contribution in [0.2, 0.25) is 0 Å². The van der Waals surface area contributed by atoms with E-state index in [0.717, 1.165) is 12.8 Å². The molecule has 3 aliphatic rings. The molecule has 0 N–H and O–H groups in total. The molecule has 5 aromatic carbocycles. The Morgan fingerprint density at radius 1 is 0.654 bits per heavy atom. The van der Waals surface area contributed by atoms with Gasteiger partial charge in [0.05, 0.1) is 19.0 Å². The molecule has 52 heavy (non-hydrogen) atoms. The Kier molecular flexibility index (Phi) is 13.7. The molecular formula is C49H52ClNO. The fraction of sp³-hybridized carbons (Fsp3) is 0.224. The summed E-state index contributed by atoms with van der Waals surface area (Å²) in [6.45, 7) is 11.0. The number of hydrogen-bond donors (Lipinski definition) is 0. The zero-order valence-electron chi connectivity index (χ0n) is 31.5. The van der Waals surface area contributed by atoms with Crippen LogP contribution in [0.25, 0.3) is 22.3 Å². The molecule has 0 saturated heterocycles. The zero-order valence-corrected chi connectivity index (χ0v) is 32.2. The molecule has 0 amide bonds. The predicted octanol–water partition coefficient (Wildman–Crippen LogP) is 14.4. The highest BCUT2D eigenvalue weighted by Gasteiger charge is 2.35. The van der Waals surface area contributed by atoms with Crippen molar-refractivity contribution in [1.82, 2.24) is 0 Å². The van der Waals surface area contributed by atoms with Crippen molar-refractivity contribution in [3.63, 3.8) is 0 Å². The fourth-order valence-electron chi connectivity index (χ4n) is 7.12. The highest BCUT2D eigenvalue weighted by molar-refractivity contribution is 6.07. The maximum atomic E-state index is 4.50. The van der Waals surface area contributed by atoms with E-state index < -0.39 is 0 Å². The third kappa shape index (κ3) is 8.94. The average Bonchev–Trinajstić information content (AvgIpc) is 3.44. The topological polar surface area (TPSA) is 12.5 Å². The van der Waals surface area contributed by atoms with E-state index in [0.29, 0.717) is 11.8 Å². The molecule has 2 atom stereocenters. The number of benzene rings is 5. The Morgan fingerprint density at radius 2 is 1.25 bits per heavy atom. The van der Waals surface area contributed by atoms with Crippen molar-refractivity contribution in [2.45, 2.75) is 58.8 Å². The van der Waals surface area contributed by atoms with Crippen LogP contribution in [0.3, 0.4) is 0 Å². The normalized spacial score (nSPS) is 17.1. The van der Waals surface area contributed by atoms with Gasteiger partial charge in [-0.3, -0.25) is 4.29 Å². The lowest BCUT2D eigenvalue weighted by molar-refractivity contribution is 0.463. The van der Waals surface area contributed by atoms with Crippen molar-refractivity contribution in [1.29, 1.82) is 0 Å². The first-order chi connectivity index (χ1) is 25.4. The van der Waals surface area contributed by atoms with Crippen LogP contribution in [0.4, 0.5) is 11.4 Å². The fourth-order valence-corrected chi connectivity index (χ4v) is 7.12. The molecule has 2 unspecified atom stereocenters. The average molecular weight is 706 g/mol. The Balaban J connectivity index is 0.000000256. The minimum absolute atomic E-state index is 0.0178. The molecule has 266 valence electrons. The first-order valence-electron chi connectivity index (χ1n) is 18.5. The number of rotatable bonds is 5. The second kappa shape index (κ2) is 18.6. The summed E-state index contributed by atoms with van der Waals surface area (Å²) in [7, 11) is 1.39. The van der Waals surface area contributed by atoms with E-state index >= 15 is 0 Å². The zero-order chi connectivity index (χ0) is 36.9. The highest BCUT2D eigenvalue weighted by Crippen LogP contribution is 2.50. The Labute approximate surface area is 317 Å². The lowest BCUT2D eigenvalue weighted by Crippen LogP contribution is -2.19. The van der Waals surface area contributed by atoms with E-state index in [9.17, 15) is 0 Å². The number of fused-ring (bicyclic) bond motifs is 3. The summed E-state index contributed by atoms with van der Waals surface area (Å²) in [4.78, 5) is 2.41. The van der Waals surface area contributed by atoms with E-state index in [4.69, 9.17) is 0 Å². The molecule has 3 aliphatic carbocycles. The molecule has 0 fully saturated rings. The minimum Gasteiger partial charge on any atom is -0.311 e. The summed E-state index contributed by atoms with van der Waals surface area (Å²) in [5.74, 6) is 1.17. The van der Waals surface area contributed by atoms with Crippen molar-refractivity contribution in [3.05, 3.63) is 192 Å². The monoisotopic (exact) mass is 705 g/mol. The molecule has 3 heteroatoms. The molecule has 0 saturated carbocycles. The van der Waals surface area contributed by atoms with Crippen molar-refractivity contribution >= 4 is 23.2 Å². The van der Waals surface area contributed by atoms with E-state index in [1.807, 2.05) is 13.8 Å². The summed E-state index contributed by atoms with van der Waals surface area (Å²) >= 11 is 4.50. The molecular weight excluding hydrogens is 654 g/mol. The molecule has 0 spiro atoms. The second-order valence-corrected chi connectivity index (χ2v) is 13.9. The van der Waals surface area contributed by atoms with Gasteiger partial charge >= 0.3 is 0 Å². The van der Waals surface area contributed by atoms with Gasteiger partial charge in [0.25, 0.3) is 0 Å². The summed E-state index contributed by atoms with van der Waals surface area (Å²) in [6.07, 6.45) is 17.9. The van der Waals surface area contributed by atoms with Crippen LogP contribution in [-0.2, 0) is 9.70 Å². The summed E-state index contributed by atoms with van der Waals surface area (Å²) in [5, 5.41) is 0. The van der Waals surface area contributed by atoms with Gasteiger partial charge < -0.3 is 4.90 Å². The number of hydrogen-bond acceptors (Lipinski definition) is 2. The second-order valence-electron chi connectivity index (χ2n) is 13.6. The van der Waals surface area contributed by atoms with Gasteiger partial charge in [-0.15, -0.1) is 0 Å². The minimum atomic E-state index is -0.0178. The summed E-state index contributed by atoms with van der Waals surface area (Å²) in [5.41, 5.74) is 13.0. The summed E-state index contributed by atoms with van der Waals surface area (Å²) < 4.78 is 3.72. The smallest absolute Gasteiger partial charge is 0.0606 e. The van der Waals surface area contributed by atoms with E-state index in [2.05, 4.69) is 212 Å². The predicted molar refractivity (Wildman–Crippen MR) is 225 cm³/mol. The van der Waals surface area contributed by atoms with Gasteiger partial charge in [0, 0.05) is 28.4 Å². The molecule has 0 heterocycles. The number of allylic oxidation sites excluding steroid dienone is 7. The Morgan fingerprint density at radius 3 is 1.88 bits per heavy atom. The quantitative estimate of drug-likeness (QED) is 0.180.